The maximum atomic E-state index is 11.8. The molecule has 0 atom stereocenters. The maximum Gasteiger partial charge on any atom is 0.330 e. The molecule has 0 aromatic heterocycles. The number of aliphatic hydroxyl groups is 3. The molecule has 0 aliphatic rings. The fourth-order valence-electron chi connectivity index (χ4n) is 7.08. The van der Waals surface area contributed by atoms with E-state index in [2.05, 4.69) is 6.92 Å². The largest absolute Gasteiger partial charge is 0.462 e. The van der Waals surface area contributed by atoms with Gasteiger partial charge in [-0.2, -0.15) is 0 Å². The lowest BCUT2D eigenvalue weighted by molar-refractivity contribution is -0.145. The van der Waals surface area contributed by atoms with Crippen LogP contribution in [0.15, 0.2) is 12.2 Å². The molecule has 0 rings (SSSR count). The van der Waals surface area contributed by atoms with Crippen molar-refractivity contribution in [2.75, 3.05) is 26.4 Å². The van der Waals surface area contributed by atoms with Crippen molar-refractivity contribution < 1.29 is 24.9 Å². The summed E-state index contributed by atoms with van der Waals surface area (Å²) in [5.41, 5.74) is -1.17. The maximum absolute atomic E-state index is 11.8. The van der Waals surface area contributed by atoms with Crippen LogP contribution in [0.5, 0.6) is 0 Å². The van der Waals surface area contributed by atoms with Crippen LogP contribution < -0.4 is 0 Å². The van der Waals surface area contributed by atoms with Gasteiger partial charge in [0.25, 0.3) is 0 Å². The molecule has 304 valence electrons. The Morgan fingerprint density at radius 1 is 0.412 bits per heavy atom. The van der Waals surface area contributed by atoms with Crippen molar-refractivity contribution >= 4 is 5.97 Å². The molecule has 0 heterocycles. The zero-order valence-corrected chi connectivity index (χ0v) is 34.3. The van der Waals surface area contributed by atoms with Gasteiger partial charge in [0, 0.05) is 6.08 Å². The van der Waals surface area contributed by atoms with Gasteiger partial charge >= 0.3 is 5.97 Å². The van der Waals surface area contributed by atoms with E-state index in [-0.39, 0.29) is 6.61 Å². The molecule has 0 aromatic carbocycles. The lowest BCUT2D eigenvalue weighted by Crippen LogP contribution is -2.39. The van der Waals surface area contributed by atoms with E-state index in [9.17, 15) is 20.1 Å². The first-order valence-corrected chi connectivity index (χ1v) is 22.8. The standard InChI is InChI=1S/C46H90O5/c1-2-3-4-5-6-7-8-9-10-11-12-13-14-15-16-17-18-19-20-21-22-23-24-25-26-27-28-29-30-31-32-33-34-35-36-37-38-39-40-45(50)51-44-46(41-47,42-48)43-49/h39-40,47-49H,2-38,41-44H2,1H3. The summed E-state index contributed by atoms with van der Waals surface area (Å²) in [5, 5.41) is 27.8. The van der Waals surface area contributed by atoms with Crippen LogP contribution in [0.25, 0.3) is 0 Å². The van der Waals surface area contributed by atoms with Crippen molar-refractivity contribution in [3.05, 3.63) is 12.2 Å². The summed E-state index contributed by atoms with van der Waals surface area (Å²) < 4.78 is 5.05. The van der Waals surface area contributed by atoms with E-state index in [0.29, 0.717) is 0 Å². The summed E-state index contributed by atoms with van der Waals surface area (Å²) in [6.07, 6.45) is 55.1. The van der Waals surface area contributed by atoms with Gasteiger partial charge < -0.3 is 20.1 Å². The van der Waals surface area contributed by atoms with Crippen molar-refractivity contribution in [2.24, 2.45) is 5.41 Å². The zero-order valence-electron chi connectivity index (χ0n) is 34.3. The van der Waals surface area contributed by atoms with Gasteiger partial charge in [-0.15, -0.1) is 0 Å². The topological polar surface area (TPSA) is 87.0 Å². The normalized spacial score (nSPS) is 12.0. The molecule has 51 heavy (non-hydrogen) atoms. The fourth-order valence-corrected chi connectivity index (χ4v) is 7.08. The quantitative estimate of drug-likeness (QED) is 0.0331. The number of aliphatic hydroxyl groups excluding tert-OH is 3. The minimum Gasteiger partial charge on any atom is -0.462 e. The lowest BCUT2D eigenvalue weighted by atomic mass is 9.93. The van der Waals surface area contributed by atoms with Crippen molar-refractivity contribution in [3.8, 4) is 0 Å². The highest BCUT2D eigenvalue weighted by Crippen LogP contribution is 2.18. The Hall–Kier alpha value is -0.910. The second-order valence-corrected chi connectivity index (χ2v) is 16.1. The molecule has 0 radical (unpaired) electrons. The molecule has 0 amide bonds. The minimum absolute atomic E-state index is 0.195. The molecule has 3 N–H and O–H groups in total. The monoisotopic (exact) mass is 723 g/mol. The highest BCUT2D eigenvalue weighted by atomic mass is 16.5. The number of unbranched alkanes of at least 4 members (excludes halogenated alkanes) is 36. The van der Waals surface area contributed by atoms with E-state index in [1.54, 1.807) is 0 Å². The van der Waals surface area contributed by atoms with E-state index >= 15 is 0 Å². The molecular formula is C46H90O5. The van der Waals surface area contributed by atoms with Gasteiger partial charge in [-0.3, -0.25) is 0 Å². The molecule has 5 nitrogen and oxygen atoms in total. The van der Waals surface area contributed by atoms with Crippen molar-refractivity contribution in [3.63, 3.8) is 0 Å². The third-order valence-corrected chi connectivity index (χ3v) is 11.0. The van der Waals surface area contributed by atoms with E-state index in [4.69, 9.17) is 4.74 Å². The molecule has 0 saturated carbocycles. The zero-order chi connectivity index (χ0) is 37.2. The van der Waals surface area contributed by atoms with Crippen LogP contribution in [-0.4, -0.2) is 47.7 Å². The van der Waals surface area contributed by atoms with E-state index < -0.39 is 31.2 Å². The number of esters is 1. The predicted molar refractivity (Wildman–Crippen MR) is 220 cm³/mol. The fraction of sp³-hybridized carbons (Fsp3) is 0.935. The summed E-state index contributed by atoms with van der Waals surface area (Å²) >= 11 is 0. The van der Waals surface area contributed by atoms with Crippen molar-refractivity contribution in [1.82, 2.24) is 0 Å². The third-order valence-electron chi connectivity index (χ3n) is 11.0. The average Bonchev–Trinajstić information content (AvgIpc) is 3.15. The van der Waals surface area contributed by atoms with Crippen LogP contribution in [0.3, 0.4) is 0 Å². The second kappa shape index (κ2) is 41.8. The van der Waals surface area contributed by atoms with Crippen LogP contribution in [0.4, 0.5) is 0 Å². The second-order valence-electron chi connectivity index (χ2n) is 16.1. The van der Waals surface area contributed by atoms with E-state index in [1.165, 1.54) is 231 Å². The lowest BCUT2D eigenvalue weighted by Gasteiger charge is -2.26. The van der Waals surface area contributed by atoms with Crippen LogP contribution in [-0.2, 0) is 9.53 Å². The Morgan fingerprint density at radius 2 is 0.647 bits per heavy atom. The van der Waals surface area contributed by atoms with Gasteiger partial charge in [0.05, 0.1) is 25.2 Å². The first kappa shape index (κ1) is 50.1. The SMILES string of the molecule is CCCCCCCCCCCCCCCCCCCCCCCCCCCCCCCCCCCCCCC=CC(=O)OCC(CO)(CO)CO. The van der Waals surface area contributed by atoms with Gasteiger partial charge in [-0.1, -0.05) is 238 Å². The Labute approximate surface area is 318 Å². The number of hydrogen-bond acceptors (Lipinski definition) is 5. The van der Waals surface area contributed by atoms with Crippen LogP contribution >= 0.6 is 0 Å². The van der Waals surface area contributed by atoms with E-state index in [0.717, 1.165) is 12.8 Å². The Kier molecular flexibility index (Phi) is 41.1. The summed E-state index contributed by atoms with van der Waals surface area (Å²) in [5.74, 6) is -0.499. The molecule has 0 aliphatic carbocycles. The Bertz CT molecular complexity index is 695. The molecule has 0 aromatic rings. The number of hydrogen-bond donors (Lipinski definition) is 3. The molecule has 5 heteroatoms. The summed E-state index contributed by atoms with van der Waals surface area (Å²) in [6, 6.07) is 0. The predicted octanol–water partition coefficient (Wildman–Crippen LogP) is 13.5. The molecule has 0 bridgehead atoms. The van der Waals surface area contributed by atoms with Crippen molar-refractivity contribution in [1.29, 1.82) is 0 Å². The van der Waals surface area contributed by atoms with E-state index in [1.807, 2.05) is 6.08 Å². The van der Waals surface area contributed by atoms with Crippen LogP contribution in [0.1, 0.15) is 244 Å². The van der Waals surface area contributed by atoms with Gasteiger partial charge in [-0.05, 0) is 12.8 Å². The van der Waals surface area contributed by atoms with Crippen molar-refractivity contribution in [2.45, 2.75) is 244 Å². The Balaban J connectivity index is 3.19. The summed E-state index contributed by atoms with van der Waals surface area (Å²) in [7, 11) is 0. The molecule has 0 saturated heterocycles. The van der Waals surface area contributed by atoms with Crippen LogP contribution in [0, 0.1) is 5.41 Å². The smallest absolute Gasteiger partial charge is 0.330 e. The molecular weight excluding hydrogens is 633 g/mol. The minimum atomic E-state index is -1.17. The van der Waals surface area contributed by atoms with Gasteiger partial charge in [0.1, 0.15) is 6.61 Å². The van der Waals surface area contributed by atoms with Gasteiger partial charge in [-0.25, -0.2) is 4.79 Å². The number of carbonyl (C=O) groups excluding carboxylic acids is 1. The Morgan fingerprint density at radius 3 is 0.882 bits per heavy atom. The van der Waals surface area contributed by atoms with Gasteiger partial charge in [0.15, 0.2) is 0 Å². The molecule has 0 fully saturated rings. The first-order valence-electron chi connectivity index (χ1n) is 22.8. The third kappa shape index (κ3) is 37.2. The summed E-state index contributed by atoms with van der Waals surface area (Å²) in [4.78, 5) is 11.8. The number of ether oxygens (including phenoxy) is 1. The first-order chi connectivity index (χ1) is 25.1. The molecule has 0 aliphatic heterocycles. The number of allylic oxidation sites excluding steroid dienone is 1. The molecule has 0 unspecified atom stereocenters. The number of carbonyl (C=O) groups is 1. The highest BCUT2D eigenvalue weighted by molar-refractivity contribution is 5.81. The summed E-state index contributed by atoms with van der Waals surface area (Å²) in [6.45, 7) is 0.805. The van der Waals surface area contributed by atoms with Gasteiger partial charge in [0.2, 0.25) is 0 Å². The van der Waals surface area contributed by atoms with Crippen LogP contribution in [0.2, 0.25) is 0 Å². The average molecular weight is 723 g/mol. The number of rotatable bonds is 43. The molecule has 0 spiro atoms. The highest BCUT2D eigenvalue weighted by Gasteiger charge is 2.29.